The van der Waals surface area contributed by atoms with Gasteiger partial charge in [-0.05, 0) is 31.0 Å². The van der Waals surface area contributed by atoms with Crippen LogP contribution in [0.4, 0.5) is 0 Å². The van der Waals surface area contributed by atoms with E-state index in [1.165, 1.54) is 5.56 Å². The molecular weight excluding hydrogens is 454 g/mol. The first-order valence-electron chi connectivity index (χ1n) is 11.6. The largest absolute Gasteiger partial charge is 0.508 e. The van der Waals surface area contributed by atoms with Crippen molar-refractivity contribution in [3.8, 4) is 17.4 Å². The molecule has 1 unspecified atom stereocenters. The number of hydrogen-bond acceptors (Lipinski definition) is 7. The van der Waals surface area contributed by atoms with E-state index in [0.717, 1.165) is 28.0 Å². The minimum atomic E-state index is -0.193. The quantitative estimate of drug-likeness (QED) is 0.265. The number of rotatable bonds is 5. The molecule has 3 heterocycles. The van der Waals surface area contributed by atoms with E-state index >= 15 is 0 Å². The molecule has 0 saturated carbocycles. The van der Waals surface area contributed by atoms with Gasteiger partial charge in [-0.3, -0.25) is 0 Å². The molecule has 2 aromatic heterocycles. The van der Waals surface area contributed by atoms with E-state index < -0.39 is 0 Å². The summed E-state index contributed by atoms with van der Waals surface area (Å²) in [5.74, 6) is 1.42. The first-order valence-corrected chi connectivity index (χ1v) is 11.6. The Morgan fingerprint density at radius 2 is 1.89 bits per heavy atom. The molecule has 8 nitrogen and oxygen atoms in total. The summed E-state index contributed by atoms with van der Waals surface area (Å²) in [5.41, 5.74) is 6.37. The average Bonchev–Trinajstić information content (AvgIpc) is 3.31. The molecule has 0 bridgehead atoms. The van der Waals surface area contributed by atoms with Crippen molar-refractivity contribution in [1.29, 1.82) is 0 Å². The van der Waals surface area contributed by atoms with Gasteiger partial charge in [-0.1, -0.05) is 71.4 Å². The van der Waals surface area contributed by atoms with Crippen LogP contribution in [0.25, 0.3) is 5.65 Å². The first kappa shape index (κ1) is 21.8. The summed E-state index contributed by atoms with van der Waals surface area (Å²) < 4.78 is 7.73. The van der Waals surface area contributed by atoms with Crippen molar-refractivity contribution in [2.45, 2.75) is 26.4 Å². The molecule has 6 rings (SSSR count). The van der Waals surface area contributed by atoms with Crippen LogP contribution in [0.2, 0.25) is 0 Å². The van der Waals surface area contributed by atoms with Crippen LogP contribution in [0.3, 0.4) is 0 Å². The monoisotopic (exact) mass is 477 g/mol. The Kier molecular flexibility index (Phi) is 5.33. The maximum atomic E-state index is 10.0. The number of phenolic OH excluding ortho intramolecular Hbond substituents is 1. The van der Waals surface area contributed by atoms with Crippen LogP contribution in [0.15, 0.2) is 84.3 Å². The zero-order chi connectivity index (χ0) is 24.6. The molecule has 1 atom stereocenters. The summed E-state index contributed by atoms with van der Waals surface area (Å²) in [7, 11) is 0. The summed E-state index contributed by atoms with van der Waals surface area (Å²) in [6.07, 6.45) is 1.57. The molecule has 0 spiro atoms. The lowest BCUT2D eigenvalue weighted by Crippen LogP contribution is -2.14. The number of hydrogen-bond donors (Lipinski definition) is 1. The maximum Gasteiger partial charge on any atom is 0.228 e. The molecule has 0 radical (unpaired) electrons. The number of oxime groups is 1. The highest BCUT2D eigenvalue weighted by molar-refractivity contribution is 5.98. The lowest BCUT2D eigenvalue weighted by molar-refractivity contribution is 0.125. The minimum Gasteiger partial charge on any atom is -0.508 e. The zero-order valence-corrected chi connectivity index (χ0v) is 19.8. The molecule has 0 saturated heterocycles. The number of aromatic hydroxyl groups is 1. The summed E-state index contributed by atoms with van der Waals surface area (Å²) >= 11 is 0. The van der Waals surface area contributed by atoms with Crippen molar-refractivity contribution in [3.63, 3.8) is 0 Å². The van der Waals surface area contributed by atoms with Crippen LogP contribution in [0.5, 0.6) is 17.4 Å². The van der Waals surface area contributed by atoms with Crippen molar-refractivity contribution in [3.05, 3.63) is 113 Å². The SMILES string of the molecule is CC(=NOCc1nc2c3c(ncn2n1)Oc1cc(O)ccc1C3c1ccccc1)c1ccc(C)cc1. The second-order valence-corrected chi connectivity index (χ2v) is 8.74. The van der Waals surface area contributed by atoms with Crippen molar-refractivity contribution in [2.75, 3.05) is 0 Å². The van der Waals surface area contributed by atoms with Crippen LogP contribution >= 0.6 is 0 Å². The fourth-order valence-electron chi connectivity index (χ4n) is 4.43. The molecule has 178 valence electrons. The fourth-order valence-corrected chi connectivity index (χ4v) is 4.43. The van der Waals surface area contributed by atoms with Gasteiger partial charge in [0.15, 0.2) is 18.1 Å². The zero-order valence-electron chi connectivity index (χ0n) is 19.8. The van der Waals surface area contributed by atoms with Gasteiger partial charge in [0.1, 0.15) is 17.8 Å². The average molecular weight is 478 g/mol. The number of aryl methyl sites for hydroxylation is 1. The molecule has 5 aromatic rings. The molecule has 3 aromatic carbocycles. The van der Waals surface area contributed by atoms with Crippen molar-refractivity contribution in [1.82, 2.24) is 19.6 Å². The van der Waals surface area contributed by atoms with Gasteiger partial charge in [0.25, 0.3) is 0 Å². The van der Waals surface area contributed by atoms with Crippen LogP contribution in [0.1, 0.15) is 46.5 Å². The second kappa shape index (κ2) is 8.81. The van der Waals surface area contributed by atoms with Gasteiger partial charge in [0, 0.05) is 17.5 Å². The highest BCUT2D eigenvalue weighted by atomic mass is 16.6. The van der Waals surface area contributed by atoms with Crippen LogP contribution < -0.4 is 4.74 Å². The van der Waals surface area contributed by atoms with Gasteiger partial charge >= 0.3 is 0 Å². The number of fused-ring (bicyclic) bond motifs is 4. The predicted molar refractivity (Wildman–Crippen MR) is 135 cm³/mol. The third-order valence-corrected chi connectivity index (χ3v) is 6.23. The number of phenols is 1. The maximum absolute atomic E-state index is 10.0. The first-order chi connectivity index (χ1) is 17.6. The molecule has 1 aliphatic rings. The lowest BCUT2D eigenvalue weighted by Gasteiger charge is -2.27. The molecule has 0 aliphatic carbocycles. The molecular formula is C28H23N5O3. The molecule has 1 N–H and O–H groups in total. The topological polar surface area (TPSA) is 94.1 Å². The van der Waals surface area contributed by atoms with E-state index in [1.54, 1.807) is 23.0 Å². The van der Waals surface area contributed by atoms with Crippen LogP contribution in [-0.2, 0) is 11.4 Å². The number of aromatic nitrogens is 4. The van der Waals surface area contributed by atoms with E-state index in [1.807, 2.05) is 62.4 Å². The minimum absolute atomic E-state index is 0.112. The van der Waals surface area contributed by atoms with Crippen molar-refractivity contribution in [2.24, 2.45) is 5.16 Å². The van der Waals surface area contributed by atoms with E-state index in [4.69, 9.17) is 14.6 Å². The molecule has 0 fully saturated rings. The van der Waals surface area contributed by atoms with Gasteiger partial charge in [-0.25, -0.2) is 14.5 Å². The van der Waals surface area contributed by atoms with Crippen molar-refractivity contribution < 1.29 is 14.7 Å². The van der Waals surface area contributed by atoms with Crippen LogP contribution in [-0.4, -0.2) is 30.4 Å². The van der Waals surface area contributed by atoms with E-state index in [-0.39, 0.29) is 18.3 Å². The lowest BCUT2D eigenvalue weighted by atomic mass is 9.84. The van der Waals surface area contributed by atoms with Gasteiger partial charge in [-0.15, -0.1) is 5.10 Å². The normalized spacial score (nSPS) is 14.7. The van der Waals surface area contributed by atoms with Gasteiger partial charge in [0.05, 0.1) is 11.3 Å². The summed E-state index contributed by atoms with van der Waals surface area (Å²) in [5, 5.41) is 18.8. The molecule has 0 amide bonds. The Labute approximate surface area is 207 Å². The Bertz CT molecular complexity index is 1590. The summed E-state index contributed by atoms with van der Waals surface area (Å²) in [6, 6.07) is 23.3. The molecule has 8 heteroatoms. The Morgan fingerprint density at radius 1 is 1.08 bits per heavy atom. The van der Waals surface area contributed by atoms with Crippen LogP contribution in [0, 0.1) is 6.92 Å². The van der Waals surface area contributed by atoms with E-state index in [2.05, 4.69) is 27.4 Å². The van der Waals surface area contributed by atoms with Crippen molar-refractivity contribution >= 4 is 11.4 Å². The Balaban J connectivity index is 1.36. The highest BCUT2D eigenvalue weighted by Crippen LogP contribution is 2.48. The van der Waals surface area contributed by atoms with E-state index in [0.29, 0.717) is 23.1 Å². The Morgan fingerprint density at radius 3 is 2.69 bits per heavy atom. The fraction of sp³-hybridized carbons (Fsp3) is 0.143. The summed E-state index contributed by atoms with van der Waals surface area (Å²) in [6.45, 7) is 4.06. The molecule has 36 heavy (non-hydrogen) atoms. The summed E-state index contributed by atoms with van der Waals surface area (Å²) in [4.78, 5) is 14.9. The number of benzene rings is 3. The number of nitrogens with zero attached hydrogens (tertiary/aromatic N) is 5. The number of ether oxygens (including phenoxy) is 1. The third kappa shape index (κ3) is 3.92. The highest BCUT2D eigenvalue weighted by Gasteiger charge is 2.33. The van der Waals surface area contributed by atoms with E-state index in [9.17, 15) is 5.11 Å². The Hall–Kier alpha value is -4.72. The second-order valence-electron chi connectivity index (χ2n) is 8.74. The third-order valence-electron chi connectivity index (χ3n) is 6.23. The smallest absolute Gasteiger partial charge is 0.228 e. The molecule has 1 aliphatic heterocycles. The predicted octanol–water partition coefficient (Wildman–Crippen LogP) is 5.37. The van der Waals surface area contributed by atoms with Gasteiger partial charge in [0.2, 0.25) is 5.88 Å². The van der Waals surface area contributed by atoms with Gasteiger partial charge in [-0.2, -0.15) is 0 Å². The standard InChI is InChI=1S/C28H23N5O3/c1-17-8-10-19(11-9-17)18(2)32-35-15-24-30-27-26-25(20-6-4-3-5-7-20)22-13-12-21(34)14-23(22)36-28(26)29-16-33(27)31-24/h3-14,16,25,34H,15H2,1-2H3. The van der Waals surface area contributed by atoms with Gasteiger partial charge < -0.3 is 14.7 Å².